The Hall–Kier alpha value is -2.51. The zero-order valence-corrected chi connectivity index (χ0v) is 25.6. The second-order valence-corrected chi connectivity index (χ2v) is 11.9. The van der Waals surface area contributed by atoms with Gasteiger partial charge in [-0.15, -0.1) is 0 Å². The summed E-state index contributed by atoms with van der Waals surface area (Å²) in [7, 11) is 6.07. The summed E-state index contributed by atoms with van der Waals surface area (Å²) in [4.78, 5) is 61.4. The molecule has 1 rings (SSSR count). The number of imide groups is 1. The molecule has 1 aliphatic heterocycles. The van der Waals surface area contributed by atoms with Crippen LogP contribution in [-0.4, -0.2) is 108 Å². The Bertz CT molecular complexity index is 881. The standard InChI is InChI=1S/C28H49BN4O8/c1-7-28(6,29)19-41-18-27(4,5)17-32-23(35)15-31-24(36)16-40-13-12-39-11-9-30-22(34)8-10-33-25(37)14-21(20(2)3)26(33)38/h20-21H,7-19H2,1-6H3,(H,30,34)(H,31,36)(H,32,35). The number of likely N-dealkylation sites (tertiary alicyclic amines) is 1. The van der Waals surface area contributed by atoms with Crippen molar-refractivity contribution in [3.05, 3.63) is 0 Å². The van der Waals surface area contributed by atoms with Crippen LogP contribution >= 0.6 is 0 Å². The van der Waals surface area contributed by atoms with E-state index < -0.39 is 5.91 Å². The summed E-state index contributed by atoms with van der Waals surface area (Å²) in [6.07, 6.45) is 1.04. The molecule has 0 aromatic carbocycles. The van der Waals surface area contributed by atoms with Crippen molar-refractivity contribution in [2.24, 2.45) is 17.3 Å². The predicted molar refractivity (Wildman–Crippen MR) is 154 cm³/mol. The van der Waals surface area contributed by atoms with E-state index in [1.807, 2.05) is 41.5 Å². The lowest BCUT2D eigenvalue weighted by Gasteiger charge is -2.28. The van der Waals surface area contributed by atoms with Crippen molar-refractivity contribution in [3.8, 4) is 0 Å². The van der Waals surface area contributed by atoms with Gasteiger partial charge < -0.3 is 30.2 Å². The van der Waals surface area contributed by atoms with Crippen molar-refractivity contribution < 1.29 is 38.2 Å². The number of nitrogens with one attached hydrogen (secondary N) is 3. The highest BCUT2D eigenvalue weighted by Crippen LogP contribution is 2.27. The van der Waals surface area contributed by atoms with Gasteiger partial charge in [-0.3, -0.25) is 28.9 Å². The number of hydrogen-bond acceptors (Lipinski definition) is 8. The van der Waals surface area contributed by atoms with Crippen molar-refractivity contribution in [2.45, 2.75) is 66.1 Å². The monoisotopic (exact) mass is 580 g/mol. The number of carbonyl (C=O) groups is 5. The Labute approximate surface area is 245 Å². The molecule has 3 N–H and O–H groups in total. The maximum absolute atomic E-state index is 12.3. The van der Waals surface area contributed by atoms with E-state index in [4.69, 9.17) is 22.1 Å². The molecule has 0 spiro atoms. The van der Waals surface area contributed by atoms with Crippen LogP contribution in [0.15, 0.2) is 0 Å². The summed E-state index contributed by atoms with van der Waals surface area (Å²) in [5, 5.41) is 7.58. The number of rotatable bonds is 21. The number of carbonyl (C=O) groups excluding carboxylic acids is 5. The summed E-state index contributed by atoms with van der Waals surface area (Å²) >= 11 is 0. The molecule has 0 aromatic heterocycles. The highest BCUT2D eigenvalue weighted by atomic mass is 16.5. The lowest BCUT2D eigenvalue weighted by molar-refractivity contribution is -0.140. The molecule has 0 saturated carbocycles. The highest BCUT2D eigenvalue weighted by molar-refractivity contribution is 6.15. The number of nitrogens with zero attached hydrogens (tertiary/aromatic N) is 1. The van der Waals surface area contributed by atoms with Gasteiger partial charge in [0.15, 0.2) is 0 Å². The maximum atomic E-state index is 12.3. The van der Waals surface area contributed by atoms with Gasteiger partial charge in [0.05, 0.1) is 40.8 Å². The van der Waals surface area contributed by atoms with Gasteiger partial charge >= 0.3 is 0 Å². The van der Waals surface area contributed by atoms with Gasteiger partial charge in [0, 0.05) is 50.4 Å². The van der Waals surface area contributed by atoms with Crippen LogP contribution in [0.5, 0.6) is 0 Å². The smallest absolute Gasteiger partial charge is 0.246 e. The number of ether oxygens (including phenoxy) is 3. The van der Waals surface area contributed by atoms with Crippen molar-refractivity contribution in [3.63, 3.8) is 0 Å². The van der Waals surface area contributed by atoms with Gasteiger partial charge in [0.2, 0.25) is 29.5 Å². The molecule has 1 heterocycles. The maximum Gasteiger partial charge on any atom is 0.246 e. The molecule has 2 atom stereocenters. The summed E-state index contributed by atoms with van der Waals surface area (Å²) < 4.78 is 16.3. The van der Waals surface area contributed by atoms with E-state index in [1.165, 1.54) is 4.90 Å². The van der Waals surface area contributed by atoms with Crippen LogP contribution in [0.25, 0.3) is 0 Å². The molecule has 1 saturated heterocycles. The minimum atomic E-state index is -0.425. The summed E-state index contributed by atoms with van der Waals surface area (Å²) in [5.41, 5.74) is -0.290. The molecular weight excluding hydrogens is 531 g/mol. The van der Waals surface area contributed by atoms with Crippen LogP contribution in [-0.2, 0) is 38.2 Å². The topological polar surface area (TPSA) is 152 Å². The van der Waals surface area contributed by atoms with Gasteiger partial charge in [0.25, 0.3) is 0 Å². The summed E-state index contributed by atoms with van der Waals surface area (Å²) in [6.45, 7) is 13.5. The Morgan fingerprint density at radius 2 is 1.63 bits per heavy atom. The Morgan fingerprint density at radius 3 is 2.27 bits per heavy atom. The van der Waals surface area contributed by atoms with Gasteiger partial charge in [-0.1, -0.05) is 48.0 Å². The van der Waals surface area contributed by atoms with E-state index >= 15 is 0 Å². The fourth-order valence-electron chi connectivity index (χ4n) is 3.76. The first-order chi connectivity index (χ1) is 19.2. The highest BCUT2D eigenvalue weighted by Gasteiger charge is 2.39. The van der Waals surface area contributed by atoms with Crippen LogP contribution in [0, 0.1) is 17.3 Å². The van der Waals surface area contributed by atoms with Crippen LogP contribution in [0.4, 0.5) is 0 Å². The van der Waals surface area contributed by atoms with Gasteiger partial charge in [0.1, 0.15) is 6.61 Å². The minimum absolute atomic E-state index is 0.0398. The van der Waals surface area contributed by atoms with Crippen molar-refractivity contribution in [1.29, 1.82) is 0 Å². The number of hydrogen-bond donors (Lipinski definition) is 3. The molecule has 0 bridgehead atoms. The Kier molecular flexibility index (Phi) is 16.1. The summed E-state index contributed by atoms with van der Waals surface area (Å²) in [6, 6.07) is 0. The second kappa shape index (κ2) is 18.1. The molecule has 232 valence electrons. The average Bonchev–Trinajstić information content (AvgIpc) is 3.19. The fourth-order valence-corrected chi connectivity index (χ4v) is 3.76. The lowest BCUT2D eigenvalue weighted by Crippen LogP contribution is -2.43. The SMILES string of the molecule is [B]C(C)(CC)COCC(C)(C)CNC(=O)CNC(=O)COCCOCCNC(=O)CCN1C(=O)CC(C(C)C)C1=O. The van der Waals surface area contributed by atoms with E-state index in [9.17, 15) is 24.0 Å². The van der Waals surface area contributed by atoms with Crippen LogP contribution < -0.4 is 16.0 Å². The normalized spacial score (nSPS) is 17.0. The largest absolute Gasteiger partial charge is 0.381 e. The van der Waals surface area contributed by atoms with Crippen LogP contribution in [0.1, 0.15) is 60.8 Å². The molecule has 0 aliphatic carbocycles. The second-order valence-electron chi connectivity index (χ2n) is 11.9. The summed E-state index contributed by atoms with van der Waals surface area (Å²) in [5.74, 6) is -1.67. The Balaban J connectivity index is 2.04. The Morgan fingerprint density at radius 1 is 0.951 bits per heavy atom. The van der Waals surface area contributed by atoms with Gasteiger partial charge in [-0.05, 0) is 11.2 Å². The van der Waals surface area contributed by atoms with Crippen molar-refractivity contribution >= 4 is 37.4 Å². The van der Waals surface area contributed by atoms with Crippen LogP contribution in [0.2, 0.25) is 5.31 Å². The first-order valence-electron chi connectivity index (χ1n) is 14.3. The zero-order valence-electron chi connectivity index (χ0n) is 25.6. The molecule has 5 amide bonds. The van der Waals surface area contributed by atoms with E-state index in [0.717, 1.165) is 6.42 Å². The van der Waals surface area contributed by atoms with Gasteiger partial charge in [-0.2, -0.15) is 0 Å². The molecule has 12 nitrogen and oxygen atoms in total. The molecule has 13 heteroatoms. The van der Waals surface area contributed by atoms with E-state index in [0.29, 0.717) is 19.8 Å². The molecule has 2 unspecified atom stereocenters. The zero-order chi connectivity index (χ0) is 31.1. The first-order valence-corrected chi connectivity index (χ1v) is 14.3. The van der Waals surface area contributed by atoms with E-state index in [-0.39, 0.29) is 105 Å². The minimum Gasteiger partial charge on any atom is -0.381 e. The molecule has 1 fully saturated rings. The quantitative estimate of drug-likeness (QED) is 0.101. The molecular formula is C28H49BN4O8. The fraction of sp³-hybridized carbons (Fsp3) is 0.821. The number of amides is 5. The van der Waals surface area contributed by atoms with E-state index in [2.05, 4.69) is 16.0 Å². The van der Waals surface area contributed by atoms with Crippen LogP contribution in [0.3, 0.4) is 0 Å². The molecule has 41 heavy (non-hydrogen) atoms. The predicted octanol–water partition coefficient (Wildman–Crippen LogP) is 0.589. The first kappa shape index (κ1) is 36.5. The van der Waals surface area contributed by atoms with Gasteiger partial charge in [-0.25, -0.2) is 0 Å². The molecule has 2 radical (unpaired) electrons. The third-order valence-electron chi connectivity index (χ3n) is 6.76. The molecule has 1 aliphatic rings. The van der Waals surface area contributed by atoms with Crippen molar-refractivity contribution in [2.75, 3.05) is 65.8 Å². The third-order valence-corrected chi connectivity index (χ3v) is 6.76. The third kappa shape index (κ3) is 15.3. The molecule has 0 aromatic rings. The average molecular weight is 581 g/mol. The van der Waals surface area contributed by atoms with Crippen molar-refractivity contribution in [1.82, 2.24) is 20.9 Å². The lowest BCUT2D eigenvalue weighted by atomic mass is 9.69. The van der Waals surface area contributed by atoms with E-state index in [1.54, 1.807) is 0 Å².